The monoisotopic (exact) mass is 472 g/mol. The third-order valence-corrected chi connectivity index (χ3v) is 8.36. The van der Waals surface area contributed by atoms with Gasteiger partial charge < -0.3 is 9.64 Å². The Bertz CT molecular complexity index is 1220. The molecule has 2 saturated heterocycles. The van der Waals surface area contributed by atoms with Gasteiger partial charge in [0.25, 0.3) is 0 Å². The summed E-state index contributed by atoms with van der Waals surface area (Å²) in [5, 5.41) is 0. The molecule has 2 heterocycles. The average Bonchev–Trinajstić information content (AvgIpc) is 3.59. The number of nitrogens with zero attached hydrogens (tertiary/aromatic N) is 2. The molecule has 2 saturated carbocycles. The first kappa shape index (κ1) is 22.0. The summed E-state index contributed by atoms with van der Waals surface area (Å²) >= 11 is 0. The predicted octanol–water partition coefficient (Wildman–Crippen LogP) is 3.80. The zero-order valence-electron chi connectivity index (χ0n) is 19.9. The number of amides is 3. The molecule has 4 fully saturated rings. The second-order valence-electron chi connectivity index (χ2n) is 10.5. The molecule has 7 heteroatoms. The van der Waals surface area contributed by atoms with Gasteiger partial charge in [-0.05, 0) is 80.8 Å². The molecule has 2 aromatic carbocycles. The first-order valence-electron chi connectivity index (χ1n) is 12.4. The largest absolute Gasteiger partial charge is 0.426 e. The molecule has 2 bridgehead atoms. The van der Waals surface area contributed by atoms with Gasteiger partial charge in [0.05, 0.1) is 23.4 Å². The molecule has 7 nitrogen and oxygen atoms in total. The van der Waals surface area contributed by atoms with E-state index in [0.717, 1.165) is 30.5 Å². The summed E-state index contributed by atoms with van der Waals surface area (Å²) in [7, 11) is 0. The maximum absolute atomic E-state index is 13.2. The SMILES string of the molecule is Cc1ccc(N2C[C@H](C(=O)Oc3ccc(N4C(=O)[C@@H]5[C@H]6CC[C@@H](C6)[C@H]5C4=O)c(C)c3)CC2=O)cc1. The van der Waals surface area contributed by atoms with Crippen LogP contribution >= 0.6 is 0 Å². The molecule has 0 N–H and O–H groups in total. The van der Waals surface area contributed by atoms with Crippen LogP contribution < -0.4 is 14.5 Å². The van der Waals surface area contributed by atoms with Crippen LogP contribution in [0.1, 0.15) is 36.8 Å². The summed E-state index contributed by atoms with van der Waals surface area (Å²) in [6.45, 7) is 4.07. The van der Waals surface area contributed by atoms with Gasteiger partial charge in [0.1, 0.15) is 5.75 Å². The lowest BCUT2D eigenvalue weighted by molar-refractivity contribution is -0.139. The lowest BCUT2D eigenvalue weighted by Gasteiger charge is -2.20. The first-order valence-corrected chi connectivity index (χ1v) is 12.4. The number of anilines is 2. The number of hydrogen-bond donors (Lipinski definition) is 0. The number of carbonyl (C=O) groups excluding carboxylic acids is 4. The fourth-order valence-electron chi connectivity index (χ4n) is 6.63. The molecule has 6 rings (SSSR count). The Morgan fingerprint density at radius 1 is 0.914 bits per heavy atom. The van der Waals surface area contributed by atoms with Gasteiger partial charge >= 0.3 is 5.97 Å². The molecule has 0 unspecified atom stereocenters. The van der Waals surface area contributed by atoms with Crippen LogP contribution in [0.3, 0.4) is 0 Å². The van der Waals surface area contributed by atoms with Crippen molar-refractivity contribution in [1.82, 2.24) is 0 Å². The van der Waals surface area contributed by atoms with E-state index in [4.69, 9.17) is 4.74 Å². The van der Waals surface area contributed by atoms with E-state index in [1.165, 1.54) is 4.90 Å². The summed E-state index contributed by atoms with van der Waals surface area (Å²) in [5.41, 5.74) is 3.14. The van der Waals surface area contributed by atoms with Crippen molar-refractivity contribution in [3.63, 3.8) is 0 Å². The van der Waals surface area contributed by atoms with E-state index < -0.39 is 11.9 Å². The third-order valence-electron chi connectivity index (χ3n) is 8.36. The van der Waals surface area contributed by atoms with Crippen molar-refractivity contribution >= 4 is 35.1 Å². The van der Waals surface area contributed by atoms with E-state index in [2.05, 4.69) is 0 Å². The van der Waals surface area contributed by atoms with Crippen molar-refractivity contribution in [1.29, 1.82) is 0 Å². The highest BCUT2D eigenvalue weighted by Crippen LogP contribution is 2.56. The van der Waals surface area contributed by atoms with Gasteiger partial charge in [-0.3, -0.25) is 19.2 Å². The number of imide groups is 1. The lowest BCUT2D eigenvalue weighted by atomic mass is 9.81. The molecule has 0 radical (unpaired) electrons. The van der Waals surface area contributed by atoms with Crippen LogP contribution in [0.5, 0.6) is 5.75 Å². The van der Waals surface area contributed by atoms with Gasteiger partial charge in [0, 0.05) is 18.7 Å². The topological polar surface area (TPSA) is 84.0 Å². The molecule has 2 aliphatic carbocycles. The first-order chi connectivity index (χ1) is 16.8. The van der Waals surface area contributed by atoms with E-state index >= 15 is 0 Å². The normalized spacial score (nSPS) is 29.3. The van der Waals surface area contributed by atoms with E-state index in [1.807, 2.05) is 38.1 Å². The van der Waals surface area contributed by atoms with Gasteiger partial charge in [-0.15, -0.1) is 0 Å². The molecule has 0 spiro atoms. The Labute approximate surface area is 204 Å². The minimum absolute atomic E-state index is 0.0827. The Morgan fingerprint density at radius 3 is 2.20 bits per heavy atom. The van der Waals surface area contributed by atoms with Crippen LogP contribution in [0.15, 0.2) is 42.5 Å². The molecular formula is C28H28N2O5. The number of hydrogen-bond acceptors (Lipinski definition) is 5. The van der Waals surface area contributed by atoms with Gasteiger partial charge in [-0.1, -0.05) is 17.7 Å². The van der Waals surface area contributed by atoms with Crippen LogP contribution in [-0.4, -0.2) is 30.2 Å². The van der Waals surface area contributed by atoms with E-state index in [-0.39, 0.29) is 42.5 Å². The Balaban J connectivity index is 1.15. The molecule has 4 aliphatic rings. The number of carbonyl (C=O) groups is 4. The maximum Gasteiger partial charge on any atom is 0.316 e. The number of benzene rings is 2. The number of esters is 1. The highest BCUT2D eigenvalue weighted by atomic mass is 16.5. The van der Waals surface area contributed by atoms with Crippen LogP contribution in [0.25, 0.3) is 0 Å². The minimum Gasteiger partial charge on any atom is -0.426 e. The highest BCUT2D eigenvalue weighted by Gasteiger charge is 2.61. The van der Waals surface area contributed by atoms with E-state index in [1.54, 1.807) is 23.1 Å². The van der Waals surface area contributed by atoms with Crippen LogP contribution in [0.4, 0.5) is 11.4 Å². The van der Waals surface area contributed by atoms with Crippen LogP contribution in [-0.2, 0) is 19.2 Å². The standard InChI is InChI=1S/C28H28N2O5/c1-15-3-7-20(8-4-15)29-14-19(13-23(29)31)28(34)35-21-9-10-22(16(2)11-21)30-26(32)24-17-5-6-18(12-17)25(24)27(30)33/h3-4,7-11,17-19,24-25H,5-6,12-14H2,1-2H3/t17-,18-,19+,24+,25+/m0/s1. The fraction of sp³-hybridized carbons (Fsp3) is 0.429. The summed E-state index contributed by atoms with van der Waals surface area (Å²) in [6.07, 6.45) is 3.18. The molecule has 2 aromatic rings. The number of ether oxygens (including phenoxy) is 1. The fourth-order valence-corrected chi connectivity index (χ4v) is 6.63. The average molecular weight is 473 g/mol. The summed E-state index contributed by atoms with van der Waals surface area (Å²) < 4.78 is 5.61. The number of fused-ring (bicyclic) bond motifs is 5. The Kier molecular flexibility index (Phi) is 5.06. The highest BCUT2D eigenvalue weighted by molar-refractivity contribution is 6.23. The summed E-state index contributed by atoms with van der Waals surface area (Å²) in [4.78, 5) is 54.6. The molecule has 0 aromatic heterocycles. The van der Waals surface area contributed by atoms with E-state index in [0.29, 0.717) is 28.8 Å². The zero-order chi connectivity index (χ0) is 24.4. The van der Waals surface area contributed by atoms with Crippen molar-refractivity contribution < 1.29 is 23.9 Å². The molecule has 180 valence electrons. The minimum atomic E-state index is -0.555. The van der Waals surface area contributed by atoms with Crippen LogP contribution in [0, 0.1) is 43.4 Å². The smallest absolute Gasteiger partial charge is 0.316 e. The molecule has 5 atom stereocenters. The predicted molar refractivity (Wildman–Crippen MR) is 129 cm³/mol. The lowest BCUT2D eigenvalue weighted by Crippen LogP contribution is -2.33. The van der Waals surface area contributed by atoms with Gasteiger partial charge in [0.2, 0.25) is 17.7 Å². The third kappa shape index (κ3) is 3.48. The zero-order valence-corrected chi connectivity index (χ0v) is 19.9. The van der Waals surface area contributed by atoms with Crippen molar-refractivity contribution in [3.05, 3.63) is 53.6 Å². The Hall–Kier alpha value is -3.48. The molecule has 2 aliphatic heterocycles. The second kappa shape index (κ2) is 8.04. The number of aryl methyl sites for hydroxylation is 2. The quantitative estimate of drug-likeness (QED) is 0.384. The number of rotatable bonds is 4. The van der Waals surface area contributed by atoms with Gasteiger partial charge in [0.15, 0.2) is 0 Å². The van der Waals surface area contributed by atoms with Gasteiger partial charge in [-0.2, -0.15) is 0 Å². The van der Waals surface area contributed by atoms with Crippen LogP contribution in [0.2, 0.25) is 0 Å². The van der Waals surface area contributed by atoms with Crippen molar-refractivity contribution in [3.8, 4) is 5.75 Å². The summed E-state index contributed by atoms with van der Waals surface area (Å²) in [5.74, 6) is -0.615. The Morgan fingerprint density at radius 2 is 1.57 bits per heavy atom. The van der Waals surface area contributed by atoms with E-state index in [9.17, 15) is 19.2 Å². The van der Waals surface area contributed by atoms with Crippen molar-refractivity contribution in [2.75, 3.05) is 16.3 Å². The molecule has 35 heavy (non-hydrogen) atoms. The maximum atomic E-state index is 13.2. The van der Waals surface area contributed by atoms with Gasteiger partial charge in [-0.25, -0.2) is 4.90 Å². The van der Waals surface area contributed by atoms with Crippen molar-refractivity contribution in [2.24, 2.45) is 29.6 Å². The molecular weight excluding hydrogens is 444 g/mol. The molecule has 3 amide bonds. The second-order valence-corrected chi connectivity index (χ2v) is 10.5. The summed E-state index contributed by atoms with van der Waals surface area (Å²) in [6, 6.07) is 12.6. The van der Waals surface area contributed by atoms with Crippen molar-refractivity contribution in [2.45, 2.75) is 39.5 Å².